The molecule has 0 saturated carbocycles. The van der Waals surface area contributed by atoms with Crippen molar-refractivity contribution in [2.45, 2.75) is 0 Å². The van der Waals surface area contributed by atoms with Crippen LogP contribution in [0.5, 0.6) is 17.2 Å². The molecule has 0 radical (unpaired) electrons. The summed E-state index contributed by atoms with van der Waals surface area (Å²) in [6.45, 7) is 4.04. The lowest BCUT2D eigenvalue weighted by Crippen LogP contribution is -2.07. The zero-order valence-corrected chi connectivity index (χ0v) is 14.3. The third kappa shape index (κ3) is 5.42. The van der Waals surface area contributed by atoms with Crippen LogP contribution in [0, 0.1) is 0 Å². The highest BCUT2D eigenvalue weighted by molar-refractivity contribution is 6.01. The summed E-state index contributed by atoms with van der Waals surface area (Å²) < 4.78 is 15.8. The van der Waals surface area contributed by atoms with Crippen LogP contribution in [0.4, 0.5) is 5.69 Å². The molecule has 0 spiro atoms. The fourth-order valence-electron chi connectivity index (χ4n) is 2.10. The molecule has 0 bridgehead atoms. The molecule has 5 nitrogen and oxygen atoms in total. The Hall–Kier alpha value is -3.21. The molecular formula is C20H21NO4. The summed E-state index contributed by atoms with van der Waals surface area (Å²) in [5.74, 6) is 1.75. The Labute approximate surface area is 147 Å². The summed E-state index contributed by atoms with van der Waals surface area (Å²) in [6, 6.07) is 12.6. The largest absolute Gasteiger partial charge is 0.493 e. The summed E-state index contributed by atoms with van der Waals surface area (Å²) in [5.41, 5.74) is 1.52. The first kappa shape index (κ1) is 18.1. The molecule has 25 heavy (non-hydrogen) atoms. The van der Waals surface area contributed by atoms with E-state index in [0.717, 1.165) is 11.3 Å². The van der Waals surface area contributed by atoms with Gasteiger partial charge in [0.05, 0.1) is 14.2 Å². The van der Waals surface area contributed by atoms with Gasteiger partial charge in [0.15, 0.2) is 11.5 Å². The minimum Gasteiger partial charge on any atom is -0.493 e. The number of benzene rings is 2. The van der Waals surface area contributed by atoms with Crippen molar-refractivity contribution in [2.24, 2.45) is 0 Å². The SMILES string of the molecule is C=CCOc1ccc(NC(=O)/C=C/c2ccc(OC)c(OC)c2)cc1. The highest BCUT2D eigenvalue weighted by Crippen LogP contribution is 2.28. The van der Waals surface area contributed by atoms with Gasteiger partial charge in [0.25, 0.3) is 0 Å². The topological polar surface area (TPSA) is 56.8 Å². The van der Waals surface area contributed by atoms with Crippen LogP contribution in [0.15, 0.2) is 61.2 Å². The van der Waals surface area contributed by atoms with E-state index in [0.29, 0.717) is 23.8 Å². The van der Waals surface area contributed by atoms with Crippen molar-refractivity contribution >= 4 is 17.7 Å². The molecular weight excluding hydrogens is 318 g/mol. The highest BCUT2D eigenvalue weighted by atomic mass is 16.5. The molecule has 0 fully saturated rings. The van der Waals surface area contributed by atoms with E-state index in [1.807, 2.05) is 6.07 Å². The predicted molar refractivity (Wildman–Crippen MR) is 99.3 cm³/mol. The molecule has 0 aromatic heterocycles. The predicted octanol–water partition coefficient (Wildman–Crippen LogP) is 3.92. The molecule has 130 valence electrons. The molecule has 0 aliphatic heterocycles. The number of carbonyl (C=O) groups excluding carboxylic acids is 1. The van der Waals surface area contributed by atoms with Gasteiger partial charge in [-0.05, 0) is 48.0 Å². The van der Waals surface area contributed by atoms with Gasteiger partial charge in [-0.15, -0.1) is 0 Å². The van der Waals surface area contributed by atoms with E-state index in [2.05, 4.69) is 11.9 Å². The maximum absolute atomic E-state index is 12.0. The number of rotatable bonds is 8. The van der Waals surface area contributed by atoms with Crippen LogP contribution in [-0.2, 0) is 4.79 Å². The van der Waals surface area contributed by atoms with Crippen molar-refractivity contribution in [2.75, 3.05) is 26.1 Å². The maximum atomic E-state index is 12.0. The van der Waals surface area contributed by atoms with E-state index >= 15 is 0 Å². The van der Waals surface area contributed by atoms with Crippen molar-refractivity contribution in [3.63, 3.8) is 0 Å². The molecule has 1 amide bonds. The third-order valence-electron chi connectivity index (χ3n) is 3.32. The average molecular weight is 339 g/mol. The Morgan fingerprint density at radius 2 is 1.80 bits per heavy atom. The number of methoxy groups -OCH3 is 2. The highest BCUT2D eigenvalue weighted by Gasteiger charge is 2.03. The van der Waals surface area contributed by atoms with Crippen LogP contribution in [0.3, 0.4) is 0 Å². The Morgan fingerprint density at radius 3 is 2.44 bits per heavy atom. The second-order valence-corrected chi connectivity index (χ2v) is 5.06. The minimum atomic E-state index is -0.227. The molecule has 2 rings (SSSR count). The molecule has 2 aromatic rings. The molecule has 2 aromatic carbocycles. The molecule has 1 N–H and O–H groups in total. The van der Waals surface area contributed by atoms with Gasteiger partial charge in [0, 0.05) is 11.8 Å². The number of hydrogen-bond donors (Lipinski definition) is 1. The van der Waals surface area contributed by atoms with Gasteiger partial charge in [-0.2, -0.15) is 0 Å². The van der Waals surface area contributed by atoms with E-state index in [1.165, 1.54) is 6.08 Å². The molecule has 0 atom stereocenters. The van der Waals surface area contributed by atoms with Gasteiger partial charge in [-0.1, -0.05) is 18.7 Å². The molecule has 0 saturated heterocycles. The summed E-state index contributed by atoms with van der Waals surface area (Å²) in [4.78, 5) is 12.0. The molecule has 0 unspecified atom stereocenters. The quantitative estimate of drug-likeness (QED) is 0.585. The van der Waals surface area contributed by atoms with E-state index in [-0.39, 0.29) is 5.91 Å². The lowest BCUT2D eigenvalue weighted by Gasteiger charge is -2.07. The number of nitrogens with one attached hydrogen (secondary N) is 1. The Kier molecular flexibility index (Phi) is 6.65. The summed E-state index contributed by atoms with van der Waals surface area (Å²) in [5, 5.41) is 2.79. The summed E-state index contributed by atoms with van der Waals surface area (Å²) in [6.07, 6.45) is 4.84. The summed E-state index contributed by atoms with van der Waals surface area (Å²) >= 11 is 0. The van der Waals surface area contributed by atoms with Crippen molar-refractivity contribution in [1.82, 2.24) is 0 Å². The molecule has 0 heterocycles. The lowest BCUT2D eigenvalue weighted by molar-refractivity contribution is -0.111. The normalized spacial score (nSPS) is 10.3. The van der Waals surface area contributed by atoms with Crippen LogP contribution in [-0.4, -0.2) is 26.7 Å². The van der Waals surface area contributed by atoms with Gasteiger partial charge in [-0.25, -0.2) is 0 Å². The van der Waals surface area contributed by atoms with Crippen LogP contribution in [0.25, 0.3) is 6.08 Å². The standard InChI is InChI=1S/C20H21NO4/c1-4-13-25-17-9-7-16(8-10-17)21-20(22)12-6-15-5-11-18(23-2)19(14-15)24-3/h4-12,14H,1,13H2,2-3H3,(H,21,22)/b12-6+. The number of amides is 1. The first-order valence-corrected chi connectivity index (χ1v) is 7.71. The zero-order chi connectivity index (χ0) is 18.1. The van der Waals surface area contributed by atoms with Crippen LogP contribution in [0.1, 0.15) is 5.56 Å². The Balaban J connectivity index is 1.97. The van der Waals surface area contributed by atoms with Gasteiger partial charge < -0.3 is 19.5 Å². The third-order valence-corrected chi connectivity index (χ3v) is 3.32. The molecule has 0 aliphatic carbocycles. The number of ether oxygens (including phenoxy) is 3. The molecule has 5 heteroatoms. The van der Waals surface area contributed by atoms with Crippen LogP contribution >= 0.6 is 0 Å². The zero-order valence-electron chi connectivity index (χ0n) is 14.3. The van der Waals surface area contributed by atoms with E-state index < -0.39 is 0 Å². The Bertz CT molecular complexity index is 751. The van der Waals surface area contributed by atoms with E-state index in [4.69, 9.17) is 14.2 Å². The second-order valence-electron chi connectivity index (χ2n) is 5.06. The van der Waals surface area contributed by atoms with Gasteiger partial charge in [-0.3, -0.25) is 4.79 Å². The fraction of sp³-hybridized carbons (Fsp3) is 0.150. The summed E-state index contributed by atoms with van der Waals surface area (Å²) in [7, 11) is 3.15. The first-order chi connectivity index (χ1) is 12.2. The van der Waals surface area contributed by atoms with Crippen molar-refractivity contribution in [3.8, 4) is 17.2 Å². The second kappa shape index (κ2) is 9.17. The lowest BCUT2D eigenvalue weighted by atomic mass is 10.2. The number of hydrogen-bond acceptors (Lipinski definition) is 4. The van der Waals surface area contributed by atoms with Gasteiger partial charge in [0.1, 0.15) is 12.4 Å². The fourth-order valence-corrected chi connectivity index (χ4v) is 2.10. The van der Waals surface area contributed by atoms with Crippen molar-refractivity contribution in [3.05, 3.63) is 66.8 Å². The monoisotopic (exact) mass is 339 g/mol. The maximum Gasteiger partial charge on any atom is 0.248 e. The first-order valence-electron chi connectivity index (χ1n) is 7.71. The van der Waals surface area contributed by atoms with E-state index in [9.17, 15) is 4.79 Å². The van der Waals surface area contributed by atoms with E-state index in [1.54, 1.807) is 62.8 Å². The Morgan fingerprint density at radius 1 is 1.08 bits per heavy atom. The van der Waals surface area contributed by atoms with Crippen LogP contribution < -0.4 is 19.5 Å². The number of carbonyl (C=O) groups is 1. The average Bonchev–Trinajstić information content (AvgIpc) is 2.65. The van der Waals surface area contributed by atoms with Crippen molar-refractivity contribution in [1.29, 1.82) is 0 Å². The van der Waals surface area contributed by atoms with Crippen molar-refractivity contribution < 1.29 is 19.0 Å². The molecule has 0 aliphatic rings. The van der Waals surface area contributed by atoms with Gasteiger partial charge in [0.2, 0.25) is 5.91 Å². The minimum absolute atomic E-state index is 0.227. The smallest absolute Gasteiger partial charge is 0.248 e. The van der Waals surface area contributed by atoms with Gasteiger partial charge >= 0.3 is 0 Å². The van der Waals surface area contributed by atoms with Crippen LogP contribution in [0.2, 0.25) is 0 Å². The number of anilines is 1.